The van der Waals surface area contributed by atoms with Crippen molar-refractivity contribution in [2.75, 3.05) is 19.0 Å². The first-order valence-corrected chi connectivity index (χ1v) is 6.91. The normalized spacial score (nSPS) is 10.6. The second-order valence-electron chi connectivity index (χ2n) is 3.43. The molecule has 18 heavy (non-hydrogen) atoms. The number of alkyl halides is 1. The van der Waals surface area contributed by atoms with Gasteiger partial charge in [-0.05, 0) is 30.7 Å². The summed E-state index contributed by atoms with van der Waals surface area (Å²) in [5.41, 5.74) is 0.791. The molecule has 0 N–H and O–H groups in total. The van der Waals surface area contributed by atoms with Crippen LogP contribution in [-0.2, 0) is 9.53 Å². The van der Waals surface area contributed by atoms with Crippen molar-refractivity contribution in [1.29, 1.82) is 0 Å². The molecule has 1 rings (SSSR count). The minimum atomic E-state index is -0.406. The van der Waals surface area contributed by atoms with E-state index in [1.54, 1.807) is 24.3 Å². The van der Waals surface area contributed by atoms with E-state index < -0.39 is 5.97 Å². The number of carbonyl (C=O) groups is 1. The topological polar surface area (TPSA) is 35.5 Å². The summed E-state index contributed by atoms with van der Waals surface area (Å²) in [5, 5.41) is 1.47. The molecule has 0 amide bonds. The third kappa shape index (κ3) is 5.10. The lowest BCUT2D eigenvalue weighted by atomic mass is 10.2. The predicted molar refractivity (Wildman–Crippen MR) is 76.4 cm³/mol. The first kappa shape index (κ1) is 15.1. The molecule has 0 bridgehead atoms. The van der Waals surface area contributed by atoms with Gasteiger partial charge < -0.3 is 9.47 Å². The number of methoxy groups -OCH3 is 1. The number of hydrogen-bond acceptors (Lipinski definition) is 3. The van der Waals surface area contributed by atoms with E-state index >= 15 is 0 Å². The summed E-state index contributed by atoms with van der Waals surface area (Å²) in [6.45, 7) is 0.588. The average Bonchev–Trinajstić information content (AvgIpc) is 2.37. The highest BCUT2D eigenvalue weighted by molar-refractivity contribution is 9.09. The highest BCUT2D eigenvalue weighted by atomic mass is 79.9. The molecule has 0 saturated heterocycles. The average molecular weight is 334 g/mol. The molecule has 0 aliphatic heterocycles. The van der Waals surface area contributed by atoms with Crippen LogP contribution in [0.2, 0.25) is 5.02 Å². The molecule has 1 aromatic rings. The molecule has 5 heteroatoms. The highest BCUT2D eigenvalue weighted by Gasteiger charge is 2.03. The molecular formula is C13H14BrClO3. The number of halogens is 2. The van der Waals surface area contributed by atoms with E-state index in [1.165, 1.54) is 13.2 Å². The molecule has 0 spiro atoms. The second-order valence-corrected chi connectivity index (χ2v) is 4.66. The summed E-state index contributed by atoms with van der Waals surface area (Å²) in [7, 11) is 1.34. The van der Waals surface area contributed by atoms with Crippen LogP contribution in [0.4, 0.5) is 0 Å². The van der Waals surface area contributed by atoms with Gasteiger partial charge in [-0.2, -0.15) is 0 Å². The molecule has 0 atom stereocenters. The Morgan fingerprint density at radius 2 is 2.28 bits per heavy atom. The van der Waals surface area contributed by atoms with Crippen LogP contribution in [0.3, 0.4) is 0 Å². The zero-order chi connectivity index (χ0) is 13.4. The summed E-state index contributed by atoms with van der Waals surface area (Å²) < 4.78 is 10.1. The lowest BCUT2D eigenvalue weighted by Crippen LogP contribution is -1.99. The lowest BCUT2D eigenvalue weighted by Gasteiger charge is -2.09. The summed E-state index contributed by atoms with van der Waals surface area (Å²) >= 11 is 9.25. The van der Waals surface area contributed by atoms with Gasteiger partial charge in [-0.3, -0.25) is 0 Å². The smallest absolute Gasteiger partial charge is 0.330 e. The van der Waals surface area contributed by atoms with Gasteiger partial charge in [-0.15, -0.1) is 0 Å². The van der Waals surface area contributed by atoms with E-state index in [2.05, 4.69) is 20.7 Å². The number of hydrogen-bond donors (Lipinski definition) is 0. The Balaban J connectivity index is 2.82. The minimum absolute atomic E-state index is 0.406. The highest BCUT2D eigenvalue weighted by Crippen LogP contribution is 2.24. The van der Waals surface area contributed by atoms with Crippen LogP contribution >= 0.6 is 27.5 Å². The second kappa shape index (κ2) is 8.16. The van der Waals surface area contributed by atoms with Gasteiger partial charge in [-0.25, -0.2) is 4.79 Å². The maximum Gasteiger partial charge on any atom is 0.330 e. The van der Waals surface area contributed by atoms with Crippen LogP contribution in [-0.4, -0.2) is 25.0 Å². The van der Waals surface area contributed by atoms with Crippen LogP contribution in [0.15, 0.2) is 24.3 Å². The largest absolute Gasteiger partial charge is 0.493 e. The van der Waals surface area contributed by atoms with Crippen LogP contribution < -0.4 is 4.74 Å². The van der Waals surface area contributed by atoms with Gasteiger partial charge in [0, 0.05) is 22.0 Å². The van der Waals surface area contributed by atoms with Crippen molar-refractivity contribution >= 4 is 39.6 Å². The van der Waals surface area contributed by atoms with E-state index in [4.69, 9.17) is 16.3 Å². The lowest BCUT2D eigenvalue weighted by molar-refractivity contribution is -0.134. The summed E-state index contributed by atoms with van der Waals surface area (Å²) in [6, 6.07) is 5.27. The Bertz CT molecular complexity index is 432. The van der Waals surface area contributed by atoms with Gasteiger partial charge >= 0.3 is 5.97 Å². The predicted octanol–water partition coefficient (Wildman–Crippen LogP) is 3.69. The Morgan fingerprint density at radius 3 is 2.94 bits per heavy atom. The van der Waals surface area contributed by atoms with E-state index in [9.17, 15) is 4.79 Å². The number of carbonyl (C=O) groups excluding carboxylic acids is 1. The molecule has 0 aromatic heterocycles. The van der Waals surface area contributed by atoms with Crippen LogP contribution in [0, 0.1) is 0 Å². The Labute approximate surface area is 120 Å². The van der Waals surface area contributed by atoms with Crippen LogP contribution in [0.25, 0.3) is 6.08 Å². The Hall–Kier alpha value is -1.000. The number of benzene rings is 1. The third-order valence-electron chi connectivity index (χ3n) is 2.11. The molecule has 0 aliphatic rings. The van der Waals surface area contributed by atoms with Gasteiger partial charge in [0.05, 0.1) is 13.7 Å². The van der Waals surface area contributed by atoms with Crippen molar-refractivity contribution in [2.24, 2.45) is 0 Å². The maximum atomic E-state index is 11.0. The van der Waals surface area contributed by atoms with Crippen LogP contribution in [0.5, 0.6) is 5.75 Å². The molecule has 0 aliphatic carbocycles. The maximum absolute atomic E-state index is 11.0. The van der Waals surface area contributed by atoms with E-state index in [0.717, 1.165) is 17.3 Å². The number of rotatable bonds is 6. The van der Waals surface area contributed by atoms with E-state index in [1.807, 2.05) is 0 Å². The zero-order valence-electron chi connectivity index (χ0n) is 9.99. The van der Waals surface area contributed by atoms with Gasteiger partial charge in [0.25, 0.3) is 0 Å². The van der Waals surface area contributed by atoms with Crippen molar-refractivity contribution < 1.29 is 14.3 Å². The molecule has 0 fully saturated rings. The Kier molecular flexibility index (Phi) is 6.83. The summed E-state index contributed by atoms with van der Waals surface area (Å²) in [4.78, 5) is 11.0. The fraction of sp³-hybridized carbons (Fsp3) is 0.308. The third-order valence-corrected chi connectivity index (χ3v) is 2.91. The van der Waals surface area contributed by atoms with Crippen molar-refractivity contribution in [3.63, 3.8) is 0 Å². The van der Waals surface area contributed by atoms with E-state index in [0.29, 0.717) is 17.4 Å². The van der Waals surface area contributed by atoms with Gasteiger partial charge in [-0.1, -0.05) is 27.5 Å². The molecule has 0 radical (unpaired) electrons. The first-order chi connectivity index (χ1) is 8.67. The zero-order valence-corrected chi connectivity index (χ0v) is 12.3. The van der Waals surface area contributed by atoms with Crippen molar-refractivity contribution in [2.45, 2.75) is 6.42 Å². The summed E-state index contributed by atoms with van der Waals surface area (Å²) in [5.74, 6) is 0.250. The Morgan fingerprint density at radius 1 is 1.50 bits per heavy atom. The monoisotopic (exact) mass is 332 g/mol. The SMILES string of the molecule is COC(=O)/C=C/c1ccc(Cl)cc1OCCCBr. The van der Waals surface area contributed by atoms with Crippen molar-refractivity contribution in [1.82, 2.24) is 0 Å². The number of esters is 1. The molecule has 0 saturated carbocycles. The van der Waals surface area contributed by atoms with Gasteiger partial charge in [0.1, 0.15) is 5.75 Å². The molecule has 3 nitrogen and oxygen atoms in total. The summed E-state index contributed by atoms with van der Waals surface area (Å²) in [6.07, 6.45) is 3.89. The van der Waals surface area contributed by atoms with Gasteiger partial charge in [0.15, 0.2) is 0 Å². The number of ether oxygens (including phenoxy) is 2. The fourth-order valence-electron chi connectivity index (χ4n) is 1.23. The molecule has 0 heterocycles. The quantitative estimate of drug-likeness (QED) is 0.345. The minimum Gasteiger partial charge on any atom is -0.493 e. The molecular weight excluding hydrogens is 319 g/mol. The van der Waals surface area contributed by atoms with Crippen LogP contribution in [0.1, 0.15) is 12.0 Å². The van der Waals surface area contributed by atoms with Crippen molar-refractivity contribution in [3.8, 4) is 5.75 Å². The first-order valence-electron chi connectivity index (χ1n) is 5.41. The fourth-order valence-corrected chi connectivity index (χ4v) is 1.62. The van der Waals surface area contributed by atoms with E-state index in [-0.39, 0.29) is 0 Å². The molecule has 1 aromatic carbocycles. The standard InChI is InChI=1S/C13H14BrClO3/c1-17-13(16)6-4-10-3-5-11(15)9-12(10)18-8-2-7-14/h3-6,9H,2,7-8H2,1H3/b6-4+. The van der Waals surface area contributed by atoms with Crippen molar-refractivity contribution in [3.05, 3.63) is 34.9 Å². The van der Waals surface area contributed by atoms with Gasteiger partial charge in [0.2, 0.25) is 0 Å². The molecule has 98 valence electrons. The molecule has 0 unspecified atom stereocenters.